The third-order valence-electron chi connectivity index (χ3n) is 8.06. The summed E-state index contributed by atoms with van der Waals surface area (Å²) in [6.45, 7) is 5.51. The number of nitrogens with one attached hydrogen (secondary N) is 1. The number of ether oxygens (including phenoxy) is 3. The fourth-order valence-electron chi connectivity index (χ4n) is 6.50. The van der Waals surface area contributed by atoms with Gasteiger partial charge in [-0.1, -0.05) is 46.3 Å². The van der Waals surface area contributed by atoms with Crippen LogP contribution in [0.2, 0.25) is 0 Å². The standard InChI is InChI=1S/C26H34BrN3O7/c1-2-36-25(34)19-20-24(33)30(18(15-31)16-6-4-3-5-7-16)22(26(20)14-17(27)21(19)37-26)23(32)28-8-9-29-10-12-35-13-11-29/h3-7,17-22,31H,2,8-15H2,1H3,(H,28,32)/t17?,18-,19-,20+,21-,22-,26+/m1/s1. The summed E-state index contributed by atoms with van der Waals surface area (Å²) in [5.41, 5.74) is -0.489. The molecule has 0 radical (unpaired) electrons. The highest BCUT2D eigenvalue weighted by molar-refractivity contribution is 9.09. The number of benzene rings is 1. The monoisotopic (exact) mass is 579 g/mol. The highest BCUT2D eigenvalue weighted by Crippen LogP contribution is 2.61. The van der Waals surface area contributed by atoms with Gasteiger partial charge in [0, 0.05) is 31.0 Å². The van der Waals surface area contributed by atoms with Gasteiger partial charge in [0.25, 0.3) is 0 Å². The number of likely N-dealkylation sites (tertiary alicyclic amines) is 1. The van der Waals surface area contributed by atoms with E-state index in [2.05, 4.69) is 26.1 Å². The van der Waals surface area contributed by atoms with Crippen molar-refractivity contribution in [1.82, 2.24) is 15.1 Å². The highest BCUT2D eigenvalue weighted by Gasteiger charge is 2.77. The molecule has 4 heterocycles. The number of hydrogen-bond acceptors (Lipinski definition) is 8. The number of morpholine rings is 1. The Morgan fingerprint density at radius 3 is 2.68 bits per heavy atom. The van der Waals surface area contributed by atoms with Crippen LogP contribution in [0.15, 0.2) is 30.3 Å². The molecule has 1 unspecified atom stereocenters. The van der Waals surface area contributed by atoms with Crippen LogP contribution in [-0.2, 0) is 28.6 Å². The summed E-state index contributed by atoms with van der Waals surface area (Å²) in [6.07, 6.45) is -0.169. The molecule has 0 saturated carbocycles. The minimum atomic E-state index is -1.20. The van der Waals surface area contributed by atoms with E-state index in [1.54, 1.807) is 6.92 Å². The van der Waals surface area contributed by atoms with Gasteiger partial charge in [-0.05, 0) is 18.9 Å². The second-order valence-electron chi connectivity index (χ2n) is 10.0. The molecule has 10 nitrogen and oxygen atoms in total. The van der Waals surface area contributed by atoms with Gasteiger partial charge in [0.15, 0.2) is 0 Å². The zero-order valence-electron chi connectivity index (χ0n) is 20.9. The summed E-state index contributed by atoms with van der Waals surface area (Å²) in [6, 6.07) is 7.38. The minimum absolute atomic E-state index is 0.182. The Morgan fingerprint density at radius 2 is 2.00 bits per heavy atom. The molecule has 1 aromatic carbocycles. The number of esters is 1. The highest BCUT2D eigenvalue weighted by atomic mass is 79.9. The first kappa shape index (κ1) is 26.6. The van der Waals surface area contributed by atoms with E-state index >= 15 is 0 Å². The lowest BCUT2D eigenvalue weighted by Gasteiger charge is -2.37. The number of carbonyl (C=O) groups is 3. The van der Waals surface area contributed by atoms with E-state index in [4.69, 9.17) is 14.2 Å². The van der Waals surface area contributed by atoms with E-state index in [9.17, 15) is 19.5 Å². The van der Waals surface area contributed by atoms with E-state index in [0.29, 0.717) is 38.3 Å². The Hall–Kier alpha value is -2.05. The predicted molar refractivity (Wildman–Crippen MR) is 136 cm³/mol. The van der Waals surface area contributed by atoms with Crippen LogP contribution in [0.5, 0.6) is 0 Å². The van der Waals surface area contributed by atoms with Gasteiger partial charge in [0.1, 0.15) is 11.6 Å². The molecular weight excluding hydrogens is 546 g/mol. The van der Waals surface area contributed by atoms with Crippen LogP contribution >= 0.6 is 15.9 Å². The zero-order chi connectivity index (χ0) is 26.2. The van der Waals surface area contributed by atoms with Crippen molar-refractivity contribution in [3.63, 3.8) is 0 Å². The van der Waals surface area contributed by atoms with E-state index in [1.807, 2.05) is 30.3 Å². The average molecular weight is 580 g/mol. The van der Waals surface area contributed by atoms with Crippen molar-refractivity contribution in [2.75, 3.05) is 52.6 Å². The second-order valence-corrected chi connectivity index (χ2v) is 11.2. The molecule has 2 bridgehead atoms. The molecule has 7 atom stereocenters. The zero-order valence-corrected chi connectivity index (χ0v) is 22.5. The first-order chi connectivity index (χ1) is 17.9. The quantitative estimate of drug-likeness (QED) is 0.320. The molecular formula is C26H34BrN3O7. The van der Waals surface area contributed by atoms with Crippen molar-refractivity contribution >= 4 is 33.7 Å². The summed E-state index contributed by atoms with van der Waals surface area (Å²) in [5.74, 6) is -2.89. The molecule has 11 heteroatoms. The lowest BCUT2D eigenvalue weighted by atomic mass is 9.70. The average Bonchev–Trinajstić information content (AvgIpc) is 3.50. The maximum atomic E-state index is 14.1. The number of amides is 2. The smallest absolute Gasteiger partial charge is 0.312 e. The number of fused-ring (bicyclic) bond motifs is 1. The molecule has 5 rings (SSSR count). The lowest BCUT2D eigenvalue weighted by molar-refractivity contribution is -0.155. The number of carbonyl (C=O) groups excluding carboxylic acids is 3. The SMILES string of the molecule is CCOC(=O)[C@H]1[C@@H]2O[C@@]3(CC2Br)[C@@H]1C(=O)N([C@H](CO)c1ccccc1)[C@@H]3C(=O)NCCN1CCOCC1. The van der Waals surface area contributed by atoms with Gasteiger partial charge in [-0.15, -0.1) is 0 Å². The third-order valence-corrected chi connectivity index (χ3v) is 8.90. The third kappa shape index (κ3) is 4.58. The molecule has 37 heavy (non-hydrogen) atoms. The van der Waals surface area contributed by atoms with Crippen molar-refractivity contribution in [2.24, 2.45) is 11.8 Å². The molecule has 4 saturated heterocycles. The molecule has 4 aliphatic heterocycles. The van der Waals surface area contributed by atoms with Crippen LogP contribution in [-0.4, -0.2) is 108 Å². The first-order valence-electron chi connectivity index (χ1n) is 13.0. The van der Waals surface area contributed by atoms with Crippen LogP contribution in [0.25, 0.3) is 0 Å². The van der Waals surface area contributed by atoms with Gasteiger partial charge in [0.2, 0.25) is 11.8 Å². The summed E-state index contributed by atoms with van der Waals surface area (Å²) < 4.78 is 17.2. The molecule has 1 spiro atoms. The molecule has 2 amide bonds. The lowest BCUT2D eigenvalue weighted by Crippen LogP contribution is -2.57. The molecule has 0 aliphatic carbocycles. The van der Waals surface area contributed by atoms with Crippen LogP contribution in [0.4, 0.5) is 0 Å². The van der Waals surface area contributed by atoms with Gasteiger partial charge in [-0.3, -0.25) is 19.3 Å². The normalized spacial score (nSPS) is 33.9. The van der Waals surface area contributed by atoms with E-state index < -0.39 is 41.6 Å². The second kappa shape index (κ2) is 11.0. The van der Waals surface area contributed by atoms with Crippen LogP contribution in [0.3, 0.4) is 0 Å². The summed E-state index contributed by atoms with van der Waals surface area (Å²) >= 11 is 3.64. The van der Waals surface area contributed by atoms with Crippen molar-refractivity contribution in [2.45, 2.75) is 42.0 Å². The topological polar surface area (TPSA) is 118 Å². The minimum Gasteiger partial charge on any atom is -0.466 e. The molecule has 2 N–H and O–H groups in total. The van der Waals surface area contributed by atoms with Crippen molar-refractivity contribution in [3.05, 3.63) is 35.9 Å². The molecule has 0 aromatic heterocycles. The van der Waals surface area contributed by atoms with Gasteiger partial charge >= 0.3 is 5.97 Å². The largest absolute Gasteiger partial charge is 0.466 e. The van der Waals surface area contributed by atoms with Gasteiger partial charge in [0.05, 0.1) is 50.4 Å². The van der Waals surface area contributed by atoms with Crippen molar-refractivity contribution < 1.29 is 33.7 Å². The molecule has 4 fully saturated rings. The maximum Gasteiger partial charge on any atom is 0.312 e. The van der Waals surface area contributed by atoms with Crippen molar-refractivity contribution in [3.8, 4) is 0 Å². The molecule has 202 valence electrons. The first-order valence-corrected chi connectivity index (χ1v) is 13.9. The van der Waals surface area contributed by atoms with Crippen LogP contribution in [0.1, 0.15) is 24.9 Å². The number of aliphatic hydroxyl groups is 1. The molecule has 4 aliphatic rings. The summed E-state index contributed by atoms with van der Waals surface area (Å²) in [4.78, 5) is 44.5. The van der Waals surface area contributed by atoms with Gasteiger partial charge < -0.3 is 29.5 Å². The fourth-order valence-corrected chi connectivity index (χ4v) is 7.44. The van der Waals surface area contributed by atoms with E-state index in [1.165, 1.54) is 4.90 Å². The summed E-state index contributed by atoms with van der Waals surface area (Å²) in [7, 11) is 0. The predicted octanol–water partition coefficient (Wildman–Crippen LogP) is 0.480. The van der Waals surface area contributed by atoms with Crippen molar-refractivity contribution in [1.29, 1.82) is 0 Å². The van der Waals surface area contributed by atoms with Crippen LogP contribution in [0, 0.1) is 11.8 Å². The Labute approximate surface area is 224 Å². The fraction of sp³-hybridized carbons (Fsp3) is 0.654. The Balaban J connectivity index is 1.47. The molecule has 1 aromatic rings. The van der Waals surface area contributed by atoms with E-state index in [0.717, 1.165) is 13.1 Å². The number of alkyl halides is 1. The Bertz CT molecular complexity index is 1010. The number of nitrogens with zero attached hydrogens (tertiary/aromatic N) is 2. The van der Waals surface area contributed by atoms with Gasteiger partial charge in [-0.2, -0.15) is 0 Å². The van der Waals surface area contributed by atoms with Crippen LogP contribution < -0.4 is 5.32 Å². The summed E-state index contributed by atoms with van der Waals surface area (Å²) in [5, 5.41) is 13.5. The number of hydrogen-bond donors (Lipinski definition) is 2. The van der Waals surface area contributed by atoms with Gasteiger partial charge in [-0.25, -0.2) is 0 Å². The number of halogens is 1. The Morgan fingerprint density at radius 1 is 1.27 bits per heavy atom. The number of rotatable bonds is 9. The Kier molecular flexibility index (Phi) is 7.88. The van der Waals surface area contributed by atoms with E-state index in [-0.39, 0.29) is 29.9 Å². The maximum absolute atomic E-state index is 14.1. The number of aliphatic hydroxyl groups excluding tert-OH is 1.